The van der Waals surface area contributed by atoms with Gasteiger partial charge in [0.25, 0.3) is 0 Å². The standard InChI is InChI=1S/C19H22ClN7O3/c1-4-15(28)27-8-11(13(9-27)29-3)10-30-18-16-12(20)7-21-17(16)23-19(24-18)22-14-5-6-26(2)25-14/h4-7,11,13H,1,8-10H2,2-3H3,(H2,21,22,23,24,25)/t11-,13+/m1/s1. The van der Waals surface area contributed by atoms with E-state index in [1.165, 1.54) is 6.08 Å². The lowest BCUT2D eigenvalue weighted by atomic mass is 10.1. The molecule has 4 heterocycles. The van der Waals surface area contributed by atoms with Crippen molar-refractivity contribution in [1.82, 2.24) is 29.6 Å². The summed E-state index contributed by atoms with van der Waals surface area (Å²) in [6, 6.07) is 1.81. The van der Waals surface area contributed by atoms with Gasteiger partial charge in [0.05, 0.1) is 23.1 Å². The third-order valence-electron chi connectivity index (χ3n) is 5.01. The molecule has 1 aliphatic rings. The van der Waals surface area contributed by atoms with Crippen molar-refractivity contribution in [2.24, 2.45) is 13.0 Å². The topological polar surface area (TPSA) is 110 Å². The number of nitrogens with one attached hydrogen (secondary N) is 2. The zero-order valence-electron chi connectivity index (χ0n) is 16.6. The molecule has 0 unspecified atom stereocenters. The van der Waals surface area contributed by atoms with Crippen molar-refractivity contribution in [3.8, 4) is 5.88 Å². The Morgan fingerprint density at radius 3 is 3.00 bits per heavy atom. The van der Waals surface area contributed by atoms with E-state index in [0.29, 0.717) is 53.4 Å². The molecule has 3 aromatic rings. The first-order valence-corrected chi connectivity index (χ1v) is 9.74. The molecule has 1 aliphatic heterocycles. The first-order valence-electron chi connectivity index (χ1n) is 9.36. The molecule has 1 saturated heterocycles. The molecule has 158 valence electrons. The van der Waals surface area contributed by atoms with Gasteiger partial charge in [-0.1, -0.05) is 18.2 Å². The molecule has 30 heavy (non-hydrogen) atoms. The number of fused-ring (bicyclic) bond motifs is 1. The second-order valence-corrected chi connectivity index (χ2v) is 7.41. The summed E-state index contributed by atoms with van der Waals surface area (Å²) in [4.78, 5) is 25.6. The monoisotopic (exact) mass is 431 g/mol. The summed E-state index contributed by atoms with van der Waals surface area (Å²) < 4.78 is 13.3. The van der Waals surface area contributed by atoms with Gasteiger partial charge in [0, 0.05) is 51.6 Å². The van der Waals surface area contributed by atoms with Gasteiger partial charge >= 0.3 is 0 Å². The van der Waals surface area contributed by atoms with Crippen molar-refractivity contribution >= 4 is 40.3 Å². The average Bonchev–Trinajstić information content (AvgIpc) is 3.44. The predicted octanol–water partition coefficient (Wildman–Crippen LogP) is 2.13. The summed E-state index contributed by atoms with van der Waals surface area (Å²) in [5.74, 6) is 1.13. The average molecular weight is 432 g/mol. The molecule has 1 fully saturated rings. The van der Waals surface area contributed by atoms with E-state index in [9.17, 15) is 4.79 Å². The van der Waals surface area contributed by atoms with Gasteiger partial charge < -0.3 is 24.7 Å². The molecule has 2 N–H and O–H groups in total. The molecule has 3 aromatic heterocycles. The molecule has 1 amide bonds. The number of hydrogen-bond acceptors (Lipinski definition) is 7. The Kier molecular flexibility index (Phi) is 5.60. The van der Waals surface area contributed by atoms with Gasteiger partial charge in [-0.05, 0) is 6.08 Å². The van der Waals surface area contributed by atoms with Crippen LogP contribution in [-0.4, -0.2) is 68.4 Å². The van der Waals surface area contributed by atoms with Gasteiger partial charge in [-0.25, -0.2) is 0 Å². The van der Waals surface area contributed by atoms with E-state index in [-0.39, 0.29) is 17.9 Å². The molecule has 2 atom stereocenters. The van der Waals surface area contributed by atoms with Crippen LogP contribution in [0.5, 0.6) is 5.88 Å². The Balaban J connectivity index is 1.56. The number of methoxy groups -OCH3 is 1. The fourth-order valence-electron chi connectivity index (χ4n) is 3.48. The van der Waals surface area contributed by atoms with E-state index < -0.39 is 0 Å². The Hall–Kier alpha value is -3.11. The summed E-state index contributed by atoms with van der Waals surface area (Å²) in [5.41, 5.74) is 0.543. The number of anilines is 2. The van der Waals surface area contributed by atoms with Gasteiger partial charge in [-0.3, -0.25) is 9.48 Å². The Bertz CT molecular complexity index is 1080. The lowest BCUT2D eigenvalue weighted by Crippen LogP contribution is -2.28. The molecule has 0 aromatic carbocycles. The van der Waals surface area contributed by atoms with Crippen LogP contribution in [-0.2, 0) is 16.6 Å². The van der Waals surface area contributed by atoms with E-state index in [4.69, 9.17) is 21.1 Å². The number of aromatic amines is 1. The lowest BCUT2D eigenvalue weighted by Gasteiger charge is -2.17. The van der Waals surface area contributed by atoms with Crippen LogP contribution in [0, 0.1) is 5.92 Å². The van der Waals surface area contributed by atoms with Gasteiger partial charge in [0.15, 0.2) is 5.82 Å². The maximum atomic E-state index is 12.0. The van der Waals surface area contributed by atoms with E-state index in [1.807, 2.05) is 19.3 Å². The molecule has 0 saturated carbocycles. The first kappa shape index (κ1) is 20.2. The Labute approximate surface area is 177 Å². The fraction of sp³-hybridized carbons (Fsp3) is 0.368. The zero-order chi connectivity index (χ0) is 21.3. The van der Waals surface area contributed by atoms with Crippen LogP contribution in [0.25, 0.3) is 11.0 Å². The second-order valence-electron chi connectivity index (χ2n) is 7.00. The summed E-state index contributed by atoms with van der Waals surface area (Å²) >= 11 is 6.31. The number of carbonyl (C=O) groups excluding carboxylic acids is 1. The van der Waals surface area contributed by atoms with Crippen molar-refractivity contribution < 1.29 is 14.3 Å². The van der Waals surface area contributed by atoms with E-state index in [0.717, 1.165) is 0 Å². The maximum Gasteiger partial charge on any atom is 0.246 e. The molecule has 0 radical (unpaired) electrons. The van der Waals surface area contributed by atoms with Gasteiger partial charge in [0.2, 0.25) is 17.7 Å². The van der Waals surface area contributed by atoms with E-state index in [2.05, 4.69) is 31.9 Å². The van der Waals surface area contributed by atoms with Crippen LogP contribution in [0.3, 0.4) is 0 Å². The van der Waals surface area contributed by atoms with Crippen LogP contribution in [0.15, 0.2) is 31.1 Å². The molecule has 11 heteroatoms. The third-order valence-corrected chi connectivity index (χ3v) is 5.31. The first-order chi connectivity index (χ1) is 14.5. The molecule has 0 spiro atoms. The summed E-state index contributed by atoms with van der Waals surface area (Å²) in [6.07, 6.45) is 4.61. The second kappa shape index (κ2) is 8.33. The molecule has 10 nitrogen and oxygen atoms in total. The number of carbonyl (C=O) groups is 1. The SMILES string of the molecule is C=CC(=O)N1C[C@H](COc2nc(Nc3ccn(C)n3)nc3[nH]cc(Cl)c23)[C@@H](OC)C1. The quantitative estimate of drug-likeness (QED) is 0.551. The smallest absolute Gasteiger partial charge is 0.246 e. The number of rotatable bonds is 7. The lowest BCUT2D eigenvalue weighted by molar-refractivity contribution is -0.125. The minimum Gasteiger partial charge on any atom is -0.477 e. The number of likely N-dealkylation sites (tertiary alicyclic amines) is 1. The van der Waals surface area contributed by atoms with Gasteiger partial charge in [-0.15, -0.1) is 0 Å². The van der Waals surface area contributed by atoms with Crippen LogP contribution < -0.4 is 10.1 Å². The summed E-state index contributed by atoms with van der Waals surface area (Å²) in [7, 11) is 3.45. The molecule has 4 rings (SSSR count). The Morgan fingerprint density at radius 1 is 1.47 bits per heavy atom. The predicted molar refractivity (Wildman–Crippen MR) is 112 cm³/mol. The zero-order valence-corrected chi connectivity index (χ0v) is 17.4. The number of amides is 1. The van der Waals surface area contributed by atoms with Crippen molar-refractivity contribution in [3.63, 3.8) is 0 Å². The van der Waals surface area contributed by atoms with Crippen LogP contribution in [0.4, 0.5) is 11.8 Å². The highest BCUT2D eigenvalue weighted by Gasteiger charge is 2.35. The Morgan fingerprint density at radius 2 is 2.30 bits per heavy atom. The largest absolute Gasteiger partial charge is 0.477 e. The van der Waals surface area contributed by atoms with Gasteiger partial charge in [0.1, 0.15) is 5.65 Å². The number of halogens is 1. The van der Waals surface area contributed by atoms with Gasteiger partial charge in [-0.2, -0.15) is 15.1 Å². The molecular formula is C19H22ClN7O3. The number of H-pyrrole nitrogens is 1. The third kappa shape index (κ3) is 3.96. The molecule has 0 aliphatic carbocycles. The van der Waals surface area contributed by atoms with E-state index in [1.54, 1.807) is 22.9 Å². The maximum absolute atomic E-state index is 12.0. The number of aryl methyl sites for hydroxylation is 1. The summed E-state index contributed by atoms with van der Waals surface area (Å²) in [5, 5.41) is 8.38. The summed E-state index contributed by atoms with van der Waals surface area (Å²) in [6.45, 7) is 4.85. The van der Waals surface area contributed by atoms with Crippen molar-refractivity contribution in [2.75, 3.05) is 32.1 Å². The molecular weight excluding hydrogens is 410 g/mol. The number of nitrogens with zero attached hydrogens (tertiary/aromatic N) is 5. The van der Waals surface area contributed by atoms with E-state index >= 15 is 0 Å². The molecule has 0 bridgehead atoms. The van der Waals surface area contributed by atoms with Crippen LogP contribution in [0.1, 0.15) is 0 Å². The van der Waals surface area contributed by atoms with Crippen molar-refractivity contribution in [1.29, 1.82) is 0 Å². The minimum absolute atomic E-state index is 0.0196. The normalized spacial score (nSPS) is 18.7. The highest BCUT2D eigenvalue weighted by molar-refractivity contribution is 6.35. The highest BCUT2D eigenvalue weighted by atomic mass is 35.5. The fourth-order valence-corrected chi connectivity index (χ4v) is 3.71. The van der Waals surface area contributed by atoms with Crippen molar-refractivity contribution in [3.05, 3.63) is 36.1 Å². The minimum atomic E-state index is -0.140. The number of hydrogen-bond donors (Lipinski definition) is 2. The number of ether oxygens (including phenoxy) is 2. The highest BCUT2D eigenvalue weighted by Crippen LogP contribution is 2.32. The van der Waals surface area contributed by atoms with Crippen LogP contribution in [0.2, 0.25) is 5.02 Å². The number of aromatic nitrogens is 5. The van der Waals surface area contributed by atoms with Crippen LogP contribution >= 0.6 is 11.6 Å². The van der Waals surface area contributed by atoms with Crippen molar-refractivity contribution in [2.45, 2.75) is 6.10 Å².